The predicted octanol–water partition coefficient (Wildman–Crippen LogP) is 3.43. The topological polar surface area (TPSA) is 142 Å². The summed E-state index contributed by atoms with van der Waals surface area (Å²) in [4.78, 5) is 23.3. The maximum atomic E-state index is 12.2. The van der Waals surface area contributed by atoms with E-state index in [9.17, 15) is 14.5 Å². The van der Waals surface area contributed by atoms with E-state index in [1.54, 1.807) is 24.3 Å². The van der Waals surface area contributed by atoms with Crippen LogP contribution in [0.25, 0.3) is 0 Å². The number of phosphoric ester groups is 1. The van der Waals surface area contributed by atoms with Crippen LogP contribution in [0.5, 0.6) is 0 Å². The number of rotatable bonds is 14. The molecule has 0 spiro atoms. The lowest BCUT2D eigenvalue weighted by atomic mass is 10.2. The van der Waals surface area contributed by atoms with Crippen LogP contribution in [0, 0.1) is 0 Å². The van der Waals surface area contributed by atoms with Crippen molar-refractivity contribution in [2.45, 2.75) is 12.5 Å². The minimum Gasteiger partial charge on any atom is -0.388 e. The zero-order valence-electron chi connectivity index (χ0n) is 19.5. The normalized spacial score (nSPS) is 14.0. The molecule has 0 saturated carbocycles. The van der Waals surface area contributed by atoms with Crippen LogP contribution in [0.3, 0.4) is 0 Å². The SMILES string of the molecule is COP(=O)(O)OCC(O)COCCCNC(=O)c1ccc(N=Nc2ccc(N(C)C)cc2)cc1. The van der Waals surface area contributed by atoms with Gasteiger partial charge in [-0.3, -0.25) is 13.8 Å². The molecular formula is C22H31N4O7P. The van der Waals surface area contributed by atoms with Gasteiger partial charge in [-0.1, -0.05) is 0 Å². The number of ether oxygens (including phenoxy) is 1. The van der Waals surface area contributed by atoms with Crippen LogP contribution in [0.2, 0.25) is 0 Å². The summed E-state index contributed by atoms with van der Waals surface area (Å²) >= 11 is 0. The third kappa shape index (κ3) is 10.1. The molecule has 2 aromatic carbocycles. The van der Waals surface area contributed by atoms with E-state index in [2.05, 4.69) is 24.6 Å². The molecule has 0 saturated heterocycles. The Bertz CT molecular complexity index is 968. The van der Waals surface area contributed by atoms with Crippen LogP contribution < -0.4 is 10.2 Å². The third-order valence-corrected chi connectivity index (χ3v) is 5.44. The van der Waals surface area contributed by atoms with E-state index in [0.29, 0.717) is 24.2 Å². The second kappa shape index (κ2) is 13.9. The Morgan fingerprint density at radius 3 is 2.21 bits per heavy atom. The zero-order valence-corrected chi connectivity index (χ0v) is 20.4. The van der Waals surface area contributed by atoms with Gasteiger partial charge in [-0.2, -0.15) is 10.2 Å². The Balaban J connectivity index is 1.66. The Morgan fingerprint density at radius 1 is 1.06 bits per heavy atom. The maximum Gasteiger partial charge on any atom is 0.472 e. The highest BCUT2D eigenvalue weighted by molar-refractivity contribution is 7.47. The minimum absolute atomic E-state index is 0.0759. The summed E-state index contributed by atoms with van der Waals surface area (Å²) in [5.41, 5.74) is 2.94. The molecule has 2 unspecified atom stereocenters. The molecule has 2 rings (SSSR count). The van der Waals surface area contributed by atoms with Crippen molar-refractivity contribution >= 4 is 30.8 Å². The van der Waals surface area contributed by atoms with Crippen LogP contribution in [0.15, 0.2) is 58.8 Å². The lowest BCUT2D eigenvalue weighted by Gasteiger charge is -2.14. The first-order valence-electron chi connectivity index (χ1n) is 10.6. The molecule has 2 aromatic rings. The summed E-state index contributed by atoms with van der Waals surface area (Å²) in [6.45, 7) is 0.197. The highest BCUT2D eigenvalue weighted by Crippen LogP contribution is 2.41. The first-order chi connectivity index (χ1) is 16.2. The predicted molar refractivity (Wildman–Crippen MR) is 128 cm³/mol. The molecule has 1 amide bonds. The van der Waals surface area contributed by atoms with E-state index in [1.807, 2.05) is 43.3 Å². The summed E-state index contributed by atoms with van der Waals surface area (Å²) in [5, 5.41) is 20.8. The summed E-state index contributed by atoms with van der Waals surface area (Å²) in [6.07, 6.45) is -0.548. The molecule has 11 nitrogen and oxygen atoms in total. The molecule has 12 heteroatoms. The molecule has 3 N–H and O–H groups in total. The number of phosphoric acid groups is 1. The number of amides is 1. The highest BCUT2D eigenvalue weighted by atomic mass is 31.2. The van der Waals surface area contributed by atoms with Gasteiger partial charge in [-0.25, -0.2) is 4.57 Å². The van der Waals surface area contributed by atoms with Crippen molar-refractivity contribution in [3.63, 3.8) is 0 Å². The van der Waals surface area contributed by atoms with Gasteiger partial charge in [0.1, 0.15) is 6.10 Å². The van der Waals surface area contributed by atoms with Crippen molar-refractivity contribution in [1.29, 1.82) is 0 Å². The van der Waals surface area contributed by atoms with Gasteiger partial charge in [0.05, 0.1) is 24.6 Å². The number of benzene rings is 2. The molecule has 0 heterocycles. The number of nitrogens with zero attached hydrogens (tertiary/aromatic N) is 3. The molecule has 0 bridgehead atoms. The van der Waals surface area contributed by atoms with E-state index in [1.165, 1.54) is 0 Å². The van der Waals surface area contributed by atoms with Gasteiger partial charge in [-0.15, -0.1) is 0 Å². The molecule has 186 valence electrons. The fourth-order valence-corrected chi connectivity index (χ4v) is 3.06. The van der Waals surface area contributed by atoms with Gasteiger partial charge >= 0.3 is 7.82 Å². The van der Waals surface area contributed by atoms with Gasteiger partial charge in [0.2, 0.25) is 0 Å². The molecule has 34 heavy (non-hydrogen) atoms. The fourth-order valence-electron chi connectivity index (χ4n) is 2.59. The van der Waals surface area contributed by atoms with Crippen LogP contribution in [0.1, 0.15) is 16.8 Å². The number of azo groups is 1. The number of hydrogen-bond donors (Lipinski definition) is 3. The van der Waals surface area contributed by atoms with E-state index < -0.39 is 20.5 Å². The molecular weight excluding hydrogens is 463 g/mol. The van der Waals surface area contributed by atoms with Gasteiger partial charge in [0, 0.05) is 45.6 Å². The van der Waals surface area contributed by atoms with Crippen LogP contribution in [-0.4, -0.2) is 69.6 Å². The second-order valence-corrected chi connectivity index (χ2v) is 9.00. The summed E-state index contributed by atoms with van der Waals surface area (Å²) in [6, 6.07) is 14.5. The van der Waals surface area contributed by atoms with Gasteiger partial charge in [-0.05, 0) is 55.0 Å². The smallest absolute Gasteiger partial charge is 0.388 e. The Morgan fingerprint density at radius 2 is 1.65 bits per heavy atom. The van der Waals surface area contributed by atoms with Crippen molar-refractivity contribution in [1.82, 2.24) is 5.32 Å². The highest BCUT2D eigenvalue weighted by Gasteiger charge is 2.20. The standard InChI is InChI=1S/C22H31N4O7P/c1-26(2)20-11-9-19(10-12-20)25-24-18-7-5-17(6-8-18)22(28)23-13-4-14-32-15-21(27)16-33-34(29,30)31-3/h5-12,21,27H,4,13-16H2,1-3H3,(H,23,28)(H,29,30). The van der Waals surface area contributed by atoms with Gasteiger partial charge < -0.3 is 25.0 Å². The Kier molecular flexibility index (Phi) is 11.3. The van der Waals surface area contributed by atoms with E-state index >= 15 is 0 Å². The first kappa shape index (κ1) is 27.6. The van der Waals surface area contributed by atoms with Crippen molar-refractivity contribution in [2.75, 3.05) is 52.5 Å². The molecule has 0 aromatic heterocycles. The van der Waals surface area contributed by atoms with Crippen molar-refractivity contribution in [3.05, 3.63) is 54.1 Å². The zero-order chi connectivity index (χ0) is 25.0. The van der Waals surface area contributed by atoms with Gasteiger partial charge in [0.15, 0.2) is 0 Å². The van der Waals surface area contributed by atoms with Crippen LogP contribution in [0.4, 0.5) is 17.1 Å². The lowest BCUT2D eigenvalue weighted by Crippen LogP contribution is -2.26. The molecule has 2 atom stereocenters. The molecule has 0 aliphatic rings. The quantitative estimate of drug-likeness (QED) is 0.206. The summed E-state index contributed by atoms with van der Waals surface area (Å²) in [7, 11) is 0.848. The number of carbonyl (C=O) groups is 1. The number of carbonyl (C=O) groups excluding carboxylic acids is 1. The van der Waals surface area contributed by atoms with Crippen molar-refractivity contribution in [3.8, 4) is 0 Å². The number of aliphatic hydroxyl groups is 1. The minimum atomic E-state index is -4.12. The van der Waals surface area contributed by atoms with Crippen LogP contribution in [-0.2, 0) is 18.3 Å². The average Bonchev–Trinajstić information content (AvgIpc) is 2.84. The molecule has 0 radical (unpaired) electrons. The number of anilines is 1. The average molecular weight is 494 g/mol. The molecule has 0 aliphatic carbocycles. The number of hydrogen-bond acceptors (Lipinski definition) is 9. The largest absolute Gasteiger partial charge is 0.472 e. The first-order valence-corrected chi connectivity index (χ1v) is 12.1. The monoisotopic (exact) mass is 494 g/mol. The third-order valence-electron chi connectivity index (χ3n) is 4.50. The van der Waals surface area contributed by atoms with E-state index in [-0.39, 0.29) is 19.1 Å². The second-order valence-electron chi connectivity index (χ2n) is 7.44. The van der Waals surface area contributed by atoms with Crippen molar-refractivity contribution < 1.29 is 33.1 Å². The number of nitrogens with one attached hydrogen (secondary N) is 1. The maximum absolute atomic E-state index is 12.2. The van der Waals surface area contributed by atoms with Gasteiger partial charge in [0.25, 0.3) is 5.91 Å². The Labute approximate surface area is 199 Å². The van der Waals surface area contributed by atoms with E-state index in [4.69, 9.17) is 9.63 Å². The van der Waals surface area contributed by atoms with Crippen molar-refractivity contribution in [2.24, 2.45) is 10.2 Å². The number of aliphatic hydroxyl groups excluding tert-OH is 1. The Hall–Kier alpha value is -2.66. The summed E-state index contributed by atoms with van der Waals surface area (Å²) in [5.74, 6) is -0.227. The lowest BCUT2D eigenvalue weighted by molar-refractivity contribution is 0.00400. The molecule has 0 aliphatic heterocycles. The van der Waals surface area contributed by atoms with E-state index in [0.717, 1.165) is 18.5 Å². The summed E-state index contributed by atoms with van der Waals surface area (Å²) < 4.78 is 25.2. The van der Waals surface area contributed by atoms with Crippen LogP contribution >= 0.6 is 7.82 Å². The molecule has 0 fully saturated rings. The fraction of sp³-hybridized carbons (Fsp3) is 0.409.